The van der Waals surface area contributed by atoms with Crippen LogP contribution in [0.2, 0.25) is 0 Å². The van der Waals surface area contributed by atoms with Gasteiger partial charge in [0.1, 0.15) is 5.75 Å². The molecule has 4 nitrogen and oxygen atoms in total. The highest BCUT2D eigenvalue weighted by atomic mass is 16.5. The molecule has 0 unspecified atom stereocenters. The largest absolute Gasteiger partial charge is 0.481 e. The molecule has 156 valence electrons. The van der Waals surface area contributed by atoms with Gasteiger partial charge in [-0.3, -0.25) is 9.69 Å². The van der Waals surface area contributed by atoms with Gasteiger partial charge in [-0.2, -0.15) is 0 Å². The number of fused-ring (bicyclic) bond motifs is 1. The highest BCUT2D eigenvalue weighted by molar-refractivity contribution is 5.84. The van der Waals surface area contributed by atoms with Crippen molar-refractivity contribution in [1.82, 2.24) is 10.2 Å². The van der Waals surface area contributed by atoms with E-state index in [1.807, 2.05) is 43.3 Å². The van der Waals surface area contributed by atoms with E-state index < -0.39 is 6.10 Å². The first-order valence-electron chi connectivity index (χ1n) is 11.0. The maximum atomic E-state index is 12.8. The van der Waals surface area contributed by atoms with Gasteiger partial charge in [0, 0.05) is 13.1 Å². The van der Waals surface area contributed by atoms with Crippen molar-refractivity contribution in [2.45, 2.75) is 45.4 Å². The molecule has 0 aromatic heterocycles. The van der Waals surface area contributed by atoms with Crippen LogP contribution in [0.5, 0.6) is 5.75 Å². The molecule has 0 bridgehead atoms. The lowest BCUT2D eigenvalue weighted by atomic mass is 10.1. The fraction of sp³-hybridized carbons (Fsp3) is 0.346. The Bertz CT molecular complexity index is 995. The van der Waals surface area contributed by atoms with E-state index in [4.69, 9.17) is 4.74 Å². The number of nitrogens with zero attached hydrogens (tertiary/aromatic N) is 1. The van der Waals surface area contributed by atoms with Crippen molar-refractivity contribution in [1.29, 1.82) is 0 Å². The lowest BCUT2D eigenvalue weighted by Gasteiger charge is -2.20. The lowest BCUT2D eigenvalue weighted by Crippen LogP contribution is -2.37. The van der Waals surface area contributed by atoms with E-state index in [1.165, 1.54) is 24.0 Å². The number of hydrogen-bond donors (Lipinski definition) is 1. The van der Waals surface area contributed by atoms with Crippen LogP contribution in [-0.4, -0.2) is 30.0 Å². The molecular formula is C26H30N2O2. The van der Waals surface area contributed by atoms with E-state index in [9.17, 15) is 4.79 Å². The molecule has 1 saturated heterocycles. The van der Waals surface area contributed by atoms with E-state index in [0.29, 0.717) is 13.0 Å². The van der Waals surface area contributed by atoms with Crippen LogP contribution in [0.4, 0.5) is 0 Å². The molecule has 1 N–H and O–H groups in total. The van der Waals surface area contributed by atoms with Gasteiger partial charge in [-0.05, 0) is 66.4 Å². The Morgan fingerprint density at radius 3 is 2.43 bits per heavy atom. The number of ether oxygens (including phenoxy) is 1. The quantitative estimate of drug-likeness (QED) is 0.582. The van der Waals surface area contributed by atoms with Crippen LogP contribution < -0.4 is 10.1 Å². The highest BCUT2D eigenvalue weighted by Gasteiger charge is 2.19. The number of likely N-dealkylation sites (tertiary alicyclic amines) is 1. The van der Waals surface area contributed by atoms with Crippen molar-refractivity contribution in [2.75, 3.05) is 13.1 Å². The van der Waals surface area contributed by atoms with E-state index in [2.05, 4.69) is 40.5 Å². The summed E-state index contributed by atoms with van der Waals surface area (Å²) in [5.41, 5.74) is 2.47. The number of rotatable bonds is 8. The molecule has 0 spiro atoms. The van der Waals surface area contributed by atoms with Crippen molar-refractivity contribution in [3.05, 3.63) is 77.9 Å². The molecule has 1 amide bonds. The molecule has 0 saturated carbocycles. The molecule has 1 fully saturated rings. The smallest absolute Gasteiger partial charge is 0.261 e. The zero-order valence-corrected chi connectivity index (χ0v) is 17.6. The zero-order chi connectivity index (χ0) is 20.8. The predicted molar refractivity (Wildman–Crippen MR) is 121 cm³/mol. The number of benzene rings is 3. The first-order valence-corrected chi connectivity index (χ1v) is 11.0. The Morgan fingerprint density at radius 2 is 1.67 bits per heavy atom. The monoisotopic (exact) mass is 402 g/mol. The SMILES string of the molecule is CC[C@H](Oc1ccc2ccccc2c1)C(=O)NCc1ccccc1CN1CCCC1. The van der Waals surface area contributed by atoms with Gasteiger partial charge >= 0.3 is 0 Å². The van der Waals surface area contributed by atoms with Gasteiger partial charge in [0.2, 0.25) is 0 Å². The molecule has 4 rings (SSSR count). The standard InChI is InChI=1S/C26H30N2O2/c1-2-25(30-24-14-13-20-9-3-4-10-21(20)17-24)26(29)27-18-22-11-5-6-12-23(22)19-28-15-7-8-16-28/h3-6,9-14,17,25H,2,7-8,15-16,18-19H2,1H3,(H,27,29)/t25-/m0/s1. The summed E-state index contributed by atoms with van der Waals surface area (Å²) >= 11 is 0. The molecule has 4 heteroatoms. The first-order chi connectivity index (χ1) is 14.7. The van der Waals surface area contributed by atoms with Gasteiger partial charge in [0.05, 0.1) is 0 Å². The minimum atomic E-state index is -0.503. The minimum absolute atomic E-state index is 0.0679. The molecule has 30 heavy (non-hydrogen) atoms. The Morgan fingerprint density at radius 1 is 0.967 bits per heavy atom. The maximum Gasteiger partial charge on any atom is 0.261 e. The van der Waals surface area contributed by atoms with Crippen LogP contribution in [-0.2, 0) is 17.9 Å². The van der Waals surface area contributed by atoms with Gasteiger partial charge < -0.3 is 10.1 Å². The van der Waals surface area contributed by atoms with Crippen LogP contribution in [0.15, 0.2) is 66.7 Å². The molecule has 1 aliphatic heterocycles. The van der Waals surface area contributed by atoms with Crippen LogP contribution in [0.1, 0.15) is 37.3 Å². The Hall–Kier alpha value is -2.85. The Kier molecular flexibility index (Phi) is 6.65. The Balaban J connectivity index is 1.38. The average molecular weight is 403 g/mol. The average Bonchev–Trinajstić information content (AvgIpc) is 3.29. The minimum Gasteiger partial charge on any atom is -0.481 e. The molecular weight excluding hydrogens is 372 g/mol. The van der Waals surface area contributed by atoms with Crippen molar-refractivity contribution in [3.8, 4) is 5.75 Å². The van der Waals surface area contributed by atoms with Gasteiger partial charge in [0.25, 0.3) is 5.91 Å². The van der Waals surface area contributed by atoms with Crippen molar-refractivity contribution in [3.63, 3.8) is 0 Å². The second-order valence-corrected chi connectivity index (χ2v) is 7.99. The summed E-state index contributed by atoms with van der Waals surface area (Å²) in [5, 5.41) is 5.37. The third kappa shape index (κ3) is 5.00. The van der Waals surface area contributed by atoms with Crippen LogP contribution in [0, 0.1) is 0 Å². The normalized spacial score (nSPS) is 15.2. The Labute approximate surface area is 178 Å². The highest BCUT2D eigenvalue weighted by Crippen LogP contribution is 2.22. The number of hydrogen-bond acceptors (Lipinski definition) is 3. The van der Waals surface area contributed by atoms with Gasteiger partial charge in [-0.1, -0.05) is 61.5 Å². The van der Waals surface area contributed by atoms with E-state index in [0.717, 1.165) is 36.2 Å². The lowest BCUT2D eigenvalue weighted by molar-refractivity contribution is -0.128. The van der Waals surface area contributed by atoms with Gasteiger partial charge in [-0.15, -0.1) is 0 Å². The molecule has 1 aliphatic rings. The van der Waals surface area contributed by atoms with Crippen molar-refractivity contribution < 1.29 is 9.53 Å². The molecule has 0 aliphatic carbocycles. The number of carbonyl (C=O) groups is 1. The van der Waals surface area contributed by atoms with Crippen LogP contribution in [0.3, 0.4) is 0 Å². The second-order valence-electron chi connectivity index (χ2n) is 7.99. The van der Waals surface area contributed by atoms with Gasteiger partial charge in [-0.25, -0.2) is 0 Å². The third-order valence-corrected chi connectivity index (χ3v) is 5.83. The zero-order valence-electron chi connectivity index (χ0n) is 17.6. The van der Waals surface area contributed by atoms with E-state index in [-0.39, 0.29) is 5.91 Å². The van der Waals surface area contributed by atoms with Crippen molar-refractivity contribution in [2.24, 2.45) is 0 Å². The van der Waals surface area contributed by atoms with Crippen LogP contribution in [0.25, 0.3) is 10.8 Å². The number of carbonyl (C=O) groups excluding carboxylic acids is 1. The second kappa shape index (κ2) is 9.77. The van der Waals surface area contributed by atoms with Crippen LogP contribution >= 0.6 is 0 Å². The summed E-state index contributed by atoms with van der Waals surface area (Å²) in [7, 11) is 0. The topological polar surface area (TPSA) is 41.6 Å². The number of amides is 1. The summed E-state index contributed by atoms with van der Waals surface area (Å²) in [4.78, 5) is 15.3. The van der Waals surface area contributed by atoms with E-state index >= 15 is 0 Å². The fourth-order valence-electron chi connectivity index (χ4n) is 4.09. The molecule has 0 radical (unpaired) electrons. The van der Waals surface area contributed by atoms with E-state index in [1.54, 1.807) is 0 Å². The third-order valence-electron chi connectivity index (χ3n) is 5.83. The molecule has 3 aromatic carbocycles. The number of nitrogens with one attached hydrogen (secondary N) is 1. The summed E-state index contributed by atoms with van der Waals surface area (Å²) in [6.45, 7) is 5.79. The fourth-order valence-corrected chi connectivity index (χ4v) is 4.09. The summed E-state index contributed by atoms with van der Waals surface area (Å²) in [5.74, 6) is 0.659. The molecule has 3 aromatic rings. The van der Waals surface area contributed by atoms with Crippen molar-refractivity contribution >= 4 is 16.7 Å². The summed E-state index contributed by atoms with van der Waals surface area (Å²) < 4.78 is 6.04. The summed E-state index contributed by atoms with van der Waals surface area (Å²) in [6.07, 6.45) is 2.68. The predicted octanol–water partition coefficient (Wildman–Crippen LogP) is 4.91. The maximum absolute atomic E-state index is 12.8. The molecule has 1 atom stereocenters. The summed E-state index contributed by atoms with van der Waals surface area (Å²) in [6, 6.07) is 22.5. The van der Waals surface area contributed by atoms with Gasteiger partial charge in [0.15, 0.2) is 6.10 Å². The first kappa shape index (κ1) is 20.4. The molecule has 1 heterocycles.